The number of carbonyl (C=O) groups is 1. The zero-order valence-electron chi connectivity index (χ0n) is 14.2. The van der Waals surface area contributed by atoms with Gasteiger partial charge in [0.1, 0.15) is 5.75 Å². The van der Waals surface area contributed by atoms with Gasteiger partial charge in [-0.3, -0.25) is 9.36 Å². The van der Waals surface area contributed by atoms with Crippen molar-refractivity contribution in [1.29, 1.82) is 0 Å². The van der Waals surface area contributed by atoms with E-state index in [9.17, 15) is 4.79 Å². The molecule has 0 saturated heterocycles. The molecule has 1 aliphatic carbocycles. The van der Waals surface area contributed by atoms with Gasteiger partial charge in [0.25, 0.3) is 0 Å². The van der Waals surface area contributed by atoms with Gasteiger partial charge in [0, 0.05) is 6.04 Å². The van der Waals surface area contributed by atoms with Crippen LogP contribution in [0.2, 0.25) is 0 Å². The lowest BCUT2D eigenvalue weighted by atomic mass is 10.3. The third kappa shape index (κ3) is 3.61. The summed E-state index contributed by atoms with van der Waals surface area (Å²) in [5.41, 5.74) is 0.855. The van der Waals surface area contributed by atoms with Crippen LogP contribution < -0.4 is 10.1 Å². The van der Waals surface area contributed by atoms with Gasteiger partial charge in [0.2, 0.25) is 5.91 Å². The summed E-state index contributed by atoms with van der Waals surface area (Å²) >= 11 is 2.98. The molecule has 8 heteroatoms. The van der Waals surface area contributed by atoms with Crippen molar-refractivity contribution in [3.05, 3.63) is 41.8 Å². The molecule has 1 N–H and O–H groups in total. The maximum atomic E-state index is 12.1. The molecule has 1 amide bonds. The van der Waals surface area contributed by atoms with Gasteiger partial charge in [-0.1, -0.05) is 30.0 Å². The molecule has 1 fully saturated rings. The summed E-state index contributed by atoms with van der Waals surface area (Å²) in [4.78, 5) is 13.1. The number of carbonyl (C=O) groups excluding carboxylic acids is 1. The van der Waals surface area contributed by atoms with E-state index in [2.05, 4.69) is 15.5 Å². The molecule has 2 aromatic heterocycles. The molecule has 0 atom stereocenters. The highest BCUT2D eigenvalue weighted by Gasteiger charge is 2.24. The monoisotopic (exact) mass is 386 g/mol. The summed E-state index contributed by atoms with van der Waals surface area (Å²) in [7, 11) is 1.64. The van der Waals surface area contributed by atoms with Gasteiger partial charge in [-0.2, -0.15) is 0 Å². The van der Waals surface area contributed by atoms with Crippen LogP contribution in [0.15, 0.2) is 46.9 Å². The van der Waals surface area contributed by atoms with E-state index in [4.69, 9.17) is 4.74 Å². The molecule has 0 radical (unpaired) electrons. The van der Waals surface area contributed by atoms with E-state index < -0.39 is 0 Å². The molecule has 4 rings (SSSR count). The quantitative estimate of drug-likeness (QED) is 0.631. The first kappa shape index (κ1) is 17.1. The smallest absolute Gasteiger partial charge is 0.230 e. The molecule has 3 aromatic rings. The van der Waals surface area contributed by atoms with Crippen molar-refractivity contribution in [1.82, 2.24) is 20.1 Å². The van der Waals surface area contributed by atoms with Crippen LogP contribution in [0.25, 0.3) is 16.4 Å². The lowest BCUT2D eigenvalue weighted by Gasteiger charge is -2.13. The minimum atomic E-state index is 0.0322. The Labute approximate surface area is 159 Å². The van der Waals surface area contributed by atoms with Crippen molar-refractivity contribution < 1.29 is 9.53 Å². The highest BCUT2D eigenvalue weighted by molar-refractivity contribution is 7.99. The molecule has 1 aliphatic rings. The number of nitrogens with one attached hydrogen (secondary N) is 1. The Bertz CT molecular complexity index is 904. The van der Waals surface area contributed by atoms with Gasteiger partial charge >= 0.3 is 0 Å². The number of para-hydroxylation sites is 2. The van der Waals surface area contributed by atoms with E-state index >= 15 is 0 Å². The first-order valence-electron chi connectivity index (χ1n) is 8.31. The summed E-state index contributed by atoms with van der Waals surface area (Å²) in [5.74, 6) is 1.82. The standard InChI is InChI=1S/C18H18N4O2S2/c1-24-14-6-3-2-5-13(14)22-17(15-7-4-10-25-15)20-21-18(22)26-11-16(23)19-12-8-9-12/h2-7,10,12H,8-9,11H2,1H3,(H,19,23). The number of hydrogen-bond donors (Lipinski definition) is 1. The van der Waals surface area contributed by atoms with Gasteiger partial charge in [-0.15, -0.1) is 21.5 Å². The van der Waals surface area contributed by atoms with Crippen LogP contribution in [0.1, 0.15) is 12.8 Å². The number of aromatic nitrogens is 3. The largest absolute Gasteiger partial charge is 0.495 e. The third-order valence-corrected chi connectivity index (χ3v) is 5.77. The molecule has 1 aromatic carbocycles. The summed E-state index contributed by atoms with van der Waals surface area (Å²) in [6.45, 7) is 0. The number of thiophene rings is 1. The van der Waals surface area contributed by atoms with Crippen molar-refractivity contribution >= 4 is 29.0 Å². The predicted octanol–water partition coefficient (Wildman–Crippen LogP) is 3.38. The molecule has 6 nitrogen and oxygen atoms in total. The SMILES string of the molecule is COc1ccccc1-n1c(SCC(=O)NC2CC2)nnc1-c1cccs1. The second-order valence-electron chi connectivity index (χ2n) is 5.92. The highest BCUT2D eigenvalue weighted by Crippen LogP contribution is 2.34. The normalized spacial score (nSPS) is 13.6. The number of rotatable bonds is 7. The van der Waals surface area contributed by atoms with Crippen LogP contribution in [0.5, 0.6) is 5.75 Å². The molecule has 0 unspecified atom stereocenters. The van der Waals surface area contributed by atoms with Gasteiger partial charge < -0.3 is 10.1 Å². The first-order valence-corrected chi connectivity index (χ1v) is 10.2. The molecule has 0 bridgehead atoms. The third-order valence-electron chi connectivity index (χ3n) is 3.98. The van der Waals surface area contributed by atoms with Crippen LogP contribution >= 0.6 is 23.1 Å². The van der Waals surface area contributed by atoms with Gasteiger partial charge in [0.05, 0.1) is 23.4 Å². The second kappa shape index (κ2) is 7.51. The number of methoxy groups -OCH3 is 1. The van der Waals surface area contributed by atoms with E-state index in [1.54, 1.807) is 18.4 Å². The Morgan fingerprint density at radius 2 is 2.15 bits per heavy atom. The summed E-state index contributed by atoms with van der Waals surface area (Å²) in [6, 6.07) is 12.1. The lowest BCUT2D eigenvalue weighted by molar-refractivity contribution is -0.118. The van der Waals surface area contributed by atoms with E-state index in [0.717, 1.165) is 35.0 Å². The Kier molecular flexibility index (Phi) is 4.94. The number of thioether (sulfide) groups is 1. The minimum Gasteiger partial charge on any atom is -0.495 e. The van der Waals surface area contributed by atoms with Gasteiger partial charge in [-0.25, -0.2) is 0 Å². The topological polar surface area (TPSA) is 69.0 Å². The number of amides is 1. The van der Waals surface area contributed by atoms with E-state index in [0.29, 0.717) is 17.0 Å². The van der Waals surface area contributed by atoms with E-state index in [1.807, 2.05) is 46.3 Å². The zero-order chi connectivity index (χ0) is 17.9. The average molecular weight is 387 g/mol. The number of hydrogen-bond acceptors (Lipinski definition) is 6. The lowest BCUT2D eigenvalue weighted by Crippen LogP contribution is -2.27. The van der Waals surface area contributed by atoms with Crippen molar-refractivity contribution in [2.45, 2.75) is 24.0 Å². The van der Waals surface area contributed by atoms with E-state index in [1.165, 1.54) is 11.8 Å². The molecule has 1 saturated carbocycles. The number of benzene rings is 1. The Balaban J connectivity index is 1.68. The maximum absolute atomic E-state index is 12.1. The molecule has 0 spiro atoms. The summed E-state index contributed by atoms with van der Waals surface area (Å²) in [6.07, 6.45) is 2.16. The van der Waals surface area contributed by atoms with Crippen LogP contribution in [0, 0.1) is 0 Å². The minimum absolute atomic E-state index is 0.0322. The Morgan fingerprint density at radius 1 is 1.31 bits per heavy atom. The zero-order valence-corrected chi connectivity index (χ0v) is 15.8. The van der Waals surface area contributed by atoms with Crippen molar-refractivity contribution in [2.24, 2.45) is 0 Å². The number of ether oxygens (including phenoxy) is 1. The van der Waals surface area contributed by atoms with Crippen LogP contribution in [-0.4, -0.2) is 39.6 Å². The summed E-state index contributed by atoms with van der Waals surface area (Å²) in [5, 5.41) is 14.4. The molecule has 2 heterocycles. The fourth-order valence-corrected chi connectivity index (χ4v) is 4.04. The molecule has 26 heavy (non-hydrogen) atoms. The Hall–Kier alpha value is -2.32. The fourth-order valence-electron chi connectivity index (χ4n) is 2.59. The average Bonchev–Trinajstić information content (AvgIpc) is 3.14. The van der Waals surface area contributed by atoms with Crippen LogP contribution in [0.3, 0.4) is 0 Å². The van der Waals surface area contributed by atoms with Crippen LogP contribution in [-0.2, 0) is 4.79 Å². The highest BCUT2D eigenvalue weighted by atomic mass is 32.2. The first-order chi connectivity index (χ1) is 12.8. The predicted molar refractivity (Wildman–Crippen MR) is 103 cm³/mol. The van der Waals surface area contributed by atoms with Gasteiger partial charge in [0.15, 0.2) is 11.0 Å². The fraction of sp³-hybridized carbons (Fsp3) is 0.278. The maximum Gasteiger partial charge on any atom is 0.230 e. The van der Waals surface area contributed by atoms with Crippen molar-refractivity contribution in [3.63, 3.8) is 0 Å². The second-order valence-corrected chi connectivity index (χ2v) is 7.81. The summed E-state index contributed by atoms with van der Waals surface area (Å²) < 4.78 is 7.48. The molecular weight excluding hydrogens is 368 g/mol. The van der Waals surface area contributed by atoms with E-state index in [-0.39, 0.29) is 5.91 Å². The van der Waals surface area contributed by atoms with Crippen molar-refractivity contribution in [2.75, 3.05) is 12.9 Å². The van der Waals surface area contributed by atoms with Gasteiger partial charge in [-0.05, 0) is 36.4 Å². The molecular formula is C18H18N4O2S2. The molecule has 134 valence electrons. The Morgan fingerprint density at radius 3 is 2.88 bits per heavy atom. The van der Waals surface area contributed by atoms with Crippen LogP contribution in [0.4, 0.5) is 0 Å². The number of nitrogens with zero attached hydrogens (tertiary/aromatic N) is 3. The molecule has 0 aliphatic heterocycles. The van der Waals surface area contributed by atoms with Crippen molar-refractivity contribution in [3.8, 4) is 22.1 Å².